The molecule has 1 aromatic carbocycles. The van der Waals surface area contributed by atoms with E-state index in [1.807, 2.05) is 0 Å². The van der Waals surface area contributed by atoms with Crippen molar-refractivity contribution >= 4 is 21.7 Å². The minimum atomic E-state index is -3.39. The van der Waals surface area contributed by atoms with Crippen molar-refractivity contribution in [1.29, 1.82) is 0 Å². The second-order valence-corrected chi connectivity index (χ2v) is 5.96. The Hall–Kier alpha value is -1.76. The summed E-state index contributed by atoms with van der Waals surface area (Å²) in [5.74, 6) is -0.907. The molecule has 0 amide bonds. The highest BCUT2D eigenvalue weighted by Crippen LogP contribution is 2.31. The summed E-state index contributed by atoms with van der Waals surface area (Å²) < 4.78 is 29.9. The lowest BCUT2D eigenvalue weighted by Gasteiger charge is -2.11. The monoisotopic (exact) mass is 271 g/mol. The molecular formula is C11H13NO5S. The van der Waals surface area contributed by atoms with Crippen molar-refractivity contribution in [3.8, 4) is 5.75 Å². The Morgan fingerprint density at radius 1 is 1.44 bits per heavy atom. The van der Waals surface area contributed by atoms with Crippen molar-refractivity contribution in [3.05, 3.63) is 23.8 Å². The van der Waals surface area contributed by atoms with Gasteiger partial charge in [-0.3, -0.25) is 4.72 Å². The number of carboxylic acids is 1. The highest BCUT2D eigenvalue weighted by molar-refractivity contribution is 7.92. The van der Waals surface area contributed by atoms with Gasteiger partial charge < -0.3 is 9.84 Å². The van der Waals surface area contributed by atoms with Gasteiger partial charge in [-0.15, -0.1) is 0 Å². The summed E-state index contributed by atoms with van der Waals surface area (Å²) in [5, 5.41) is 9.00. The summed E-state index contributed by atoms with van der Waals surface area (Å²) in [7, 11) is -3.39. The molecule has 1 aromatic rings. The minimum Gasteiger partial charge on any atom is -0.489 e. The van der Waals surface area contributed by atoms with Gasteiger partial charge in [-0.05, 0) is 25.0 Å². The Morgan fingerprint density at radius 2 is 2.11 bits per heavy atom. The molecule has 1 aliphatic carbocycles. The maximum absolute atomic E-state index is 11.1. The van der Waals surface area contributed by atoms with Crippen LogP contribution in [0.3, 0.4) is 0 Å². The number of ether oxygens (including phenoxy) is 1. The Kier molecular flexibility index (Phi) is 3.16. The summed E-state index contributed by atoms with van der Waals surface area (Å²) in [6, 6.07) is 4.11. The van der Waals surface area contributed by atoms with Crippen molar-refractivity contribution in [2.24, 2.45) is 0 Å². The molecule has 7 heteroatoms. The first-order chi connectivity index (χ1) is 8.35. The average Bonchev–Trinajstić information content (AvgIpc) is 2.98. The quantitative estimate of drug-likeness (QED) is 0.842. The van der Waals surface area contributed by atoms with E-state index in [-0.39, 0.29) is 23.1 Å². The number of carbonyl (C=O) groups is 1. The lowest BCUT2D eigenvalue weighted by atomic mass is 10.2. The molecule has 0 heterocycles. The number of aromatic carboxylic acids is 1. The van der Waals surface area contributed by atoms with E-state index in [9.17, 15) is 13.2 Å². The Labute approximate surface area is 105 Å². The Bertz CT molecular complexity index is 577. The number of carboxylic acid groups (broad SMARTS) is 1. The zero-order chi connectivity index (χ0) is 13.3. The molecule has 0 aromatic heterocycles. The molecule has 2 N–H and O–H groups in total. The molecule has 0 spiro atoms. The number of anilines is 1. The van der Waals surface area contributed by atoms with Gasteiger partial charge in [0.15, 0.2) is 0 Å². The topological polar surface area (TPSA) is 92.7 Å². The molecule has 0 radical (unpaired) electrons. The predicted octanol–water partition coefficient (Wildman–Crippen LogP) is 1.30. The van der Waals surface area contributed by atoms with E-state index in [0.29, 0.717) is 0 Å². The third kappa shape index (κ3) is 3.36. The lowest BCUT2D eigenvalue weighted by molar-refractivity contribution is 0.0692. The van der Waals surface area contributed by atoms with Crippen LogP contribution in [0.15, 0.2) is 18.2 Å². The third-order valence-corrected chi connectivity index (χ3v) is 2.94. The number of hydrogen-bond acceptors (Lipinski definition) is 4. The van der Waals surface area contributed by atoms with Crippen LogP contribution in [-0.4, -0.2) is 31.9 Å². The largest absolute Gasteiger partial charge is 0.489 e. The summed E-state index contributed by atoms with van der Waals surface area (Å²) in [6.45, 7) is 0. The Morgan fingerprint density at radius 3 is 2.61 bits per heavy atom. The number of benzene rings is 1. The van der Waals surface area contributed by atoms with Gasteiger partial charge in [-0.25, -0.2) is 13.2 Å². The summed E-state index contributed by atoms with van der Waals surface area (Å²) in [4.78, 5) is 11.0. The van der Waals surface area contributed by atoms with Crippen LogP contribution in [-0.2, 0) is 10.0 Å². The molecule has 6 nitrogen and oxygen atoms in total. The van der Waals surface area contributed by atoms with Crippen molar-refractivity contribution in [2.75, 3.05) is 11.0 Å². The smallest absolute Gasteiger partial charge is 0.339 e. The van der Waals surface area contributed by atoms with Crippen molar-refractivity contribution in [3.63, 3.8) is 0 Å². The van der Waals surface area contributed by atoms with Crippen LogP contribution < -0.4 is 9.46 Å². The fraction of sp³-hybridized carbons (Fsp3) is 0.364. The molecule has 0 saturated heterocycles. The summed E-state index contributed by atoms with van der Waals surface area (Å²) in [6.07, 6.45) is 2.85. The van der Waals surface area contributed by atoms with E-state index in [2.05, 4.69) is 4.72 Å². The number of sulfonamides is 1. The zero-order valence-electron chi connectivity index (χ0n) is 9.71. The zero-order valence-corrected chi connectivity index (χ0v) is 10.5. The fourth-order valence-electron chi connectivity index (χ4n) is 1.44. The highest BCUT2D eigenvalue weighted by atomic mass is 32.2. The molecule has 2 rings (SSSR count). The third-order valence-electron chi connectivity index (χ3n) is 2.33. The van der Waals surface area contributed by atoms with E-state index in [0.717, 1.165) is 19.1 Å². The average molecular weight is 271 g/mol. The maximum Gasteiger partial charge on any atom is 0.339 e. The number of hydrogen-bond donors (Lipinski definition) is 2. The molecule has 18 heavy (non-hydrogen) atoms. The van der Waals surface area contributed by atoms with Crippen LogP contribution in [0.1, 0.15) is 23.2 Å². The van der Waals surface area contributed by atoms with Crippen LogP contribution in [0.5, 0.6) is 5.75 Å². The van der Waals surface area contributed by atoms with Crippen molar-refractivity contribution < 1.29 is 23.1 Å². The van der Waals surface area contributed by atoms with E-state index in [1.165, 1.54) is 18.2 Å². The standard InChI is InChI=1S/C11H13NO5S/c1-18(15,16)12-7-2-5-9(11(13)14)10(6-7)17-8-3-4-8/h2,5-6,8,12H,3-4H2,1H3,(H,13,14). The molecule has 0 bridgehead atoms. The van der Waals surface area contributed by atoms with Crippen LogP contribution in [0.25, 0.3) is 0 Å². The SMILES string of the molecule is CS(=O)(=O)Nc1ccc(C(=O)O)c(OC2CC2)c1. The fourth-order valence-corrected chi connectivity index (χ4v) is 1.99. The molecule has 98 valence electrons. The Balaban J connectivity index is 2.31. The van der Waals surface area contributed by atoms with Gasteiger partial charge in [0.05, 0.1) is 18.0 Å². The van der Waals surface area contributed by atoms with E-state index >= 15 is 0 Å². The molecule has 1 aliphatic rings. The predicted molar refractivity (Wildman–Crippen MR) is 65.5 cm³/mol. The minimum absolute atomic E-state index is 0.0287. The van der Waals surface area contributed by atoms with Gasteiger partial charge in [0.25, 0.3) is 0 Å². The van der Waals surface area contributed by atoms with E-state index in [4.69, 9.17) is 9.84 Å². The maximum atomic E-state index is 11.1. The number of nitrogens with one attached hydrogen (secondary N) is 1. The van der Waals surface area contributed by atoms with Crippen LogP contribution in [0.2, 0.25) is 0 Å². The van der Waals surface area contributed by atoms with Crippen molar-refractivity contribution in [2.45, 2.75) is 18.9 Å². The van der Waals surface area contributed by atoms with Gasteiger partial charge in [-0.1, -0.05) is 0 Å². The second-order valence-electron chi connectivity index (χ2n) is 4.21. The first-order valence-electron chi connectivity index (χ1n) is 5.37. The molecule has 0 aliphatic heterocycles. The second kappa shape index (κ2) is 4.49. The molecule has 1 fully saturated rings. The lowest BCUT2D eigenvalue weighted by Crippen LogP contribution is -2.11. The first kappa shape index (κ1) is 12.7. The summed E-state index contributed by atoms with van der Waals surface area (Å²) in [5.41, 5.74) is 0.319. The van der Waals surface area contributed by atoms with Crippen LogP contribution in [0, 0.1) is 0 Å². The van der Waals surface area contributed by atoms with Gasteiger partial charge in [0.1, 0.15) is 11.3 Å². The first-order valence-corrected chi connectivity index (χ1v) is 7.26. The van der Waals surface area contributed by atoms with Crippen LogP contribution >= 0.6 is 0 Å². The molecular weight excluding hydrogens is 258 g/mol. The van der Waals surface area contributed by atoms with Gasteiger partial charge in [0.2, 0.25) is 10.0 Å². The molecule has 0 unspecified atom stereocenters. The van der Waals surface area contributed by atoms with Crippen LogP contribution in [0.4, 0.5) is 5.69 Å². The van der Waals surface area contributed by atoms with Gasteiger partial charge in [0, 0.05) is 6.07 Å². The van der Waals surface area contributed by atoms with Crippen molar-refractivity contribution in [1.82, 2.24) is 0 Å². The van der Waals surface area contributed by atoms with E-state index in [1.54, 1.807) is 0 Å². The highest BCUT2D eigenvalue weighted by Gasteiger charge is 2.26. The van der Waals surface area contributed by atoms with E-state index < -0.39 is 16.0 Å². The molecule has 1 saturated carbocycles. The van der Waals surface area contributed by atoms with Gasteiger partial charge in [-0.2, -0.15) is 0 Å². The molecule has 0 atom stereocenters. The summed E-state index contributed by atoms with van der Waals surface area (Å²) >= 11 is 0. The van der Waals surface area contributed by atoms with Gasteiger partial charge >= 0.3 is 5.97 Å². The normalized spacial score (nSPS) is 15.2. The number of rotatable bonds is 5.